The van der Waals surface area contributed by atoms with Gasteiger partial charge in [0.2, 0.25) is 0 Å². The van der Waals surface area contributed by atoms with Gasteiger partial charge in [-0.2, -0.15) is 0 Å². The zero-order valence-electron chi connectivity index (χ0n) is 17.4. The Kier molecular flexibility index (Phi) is 4.98. The molecular formula is C24H30N4. The molecular weight excluding hydrogens is 344 g/mol. The summed E-state index contributed by atoms with van der Waals surface area (Å²) < 4.78 is 0. The van der Waals surface area contributed by atoms with Crippen molar-refractivity contribution in [1.82, 2.24) is 15.1 Å². The molecule has 146 valence electrons. The fraction of sp³-hybridized carbons (Fsp3) is 0.375. The Bertz CT molecular complexity index is 932. The van der Waals surface area contributed by atoms with E-state index in [1.807, 2.05) is 0 Å². The summed E-state index contributed by atoms with van der Waals surface area (Å²) in [5.41, 5.74) is 8.25. The van der Waals surface area contributed by atoms with Crippen molar-refractivity contribution in [3.8, 4) is 0 Å². The Morgan fingerprint density at radius 2 is 2.07 bits per heavy atom. The van der Waals surface area contributed by atoms with Gasteiger partial charge in [-0.15, -0.1) is 0 Å². The molecule has 0 bridgehead atoms. The second kappa shape index (κ2) is 7.44. The number of hydrogen-bond acceptors (Lipinski definition) is 4. The molecule has 1 fully saturated rings. The van der Waals surface area contributed by atoms with Crippen molar-refractivity contribution in [3.05, 3.63) is 76.8 Å². The summed E-state index contributed by atoms with van der Waals surface area (Å²) in [6.07, 6.45) is 7.58. The predicted molar refractivity (Wildman–Crippen MR) is 118 cm³/mol. The maximum atomic E-state index is 5.00. The summed E-state index contributed by atoms with van der Waals surface area (Å²) in [4.78, 5) is 9.58. The molecule has 0 spiro atoms. The highest BCUT2D eigenvalue weighted by molar-refractivity contribution is 6.05. The number of allylic oxidation sites excluding steroid dienone is 2. The molecule has 1 N–H and O–H groups in total. The minimum atomic E-state index is 0.503. The number of aryl methyl sites for hydroxylation is 2. The van der Waals surface area contributed by atoms with Crippen molar-refractivity contribution in [3.63, 3.8) is 0 Å². The number of fused-ring (bicyclic) bond motifs is 1. The molecule has 0 radical (unpaired) electrons. The number of piperazine rings is 1. The number of hydrogen-bond donors (Lipinski definition) is 1. The van der Waals surface area contributed by atoms with Gasteiger partial charge in [0.15, 0.2) is 0 Å². The van der Waals surface area contributed by atoms with E-state index in [9.17, 15) is 0 Å². The highest BCUT2D eigenvalue weighted by Crippen LogP contribution is 2.32. The lowest BCUT2D eigenvalue weighted by Crippen LogP contribution is -2.49. The Labute approximate surface area is 168 Å². The maximum Gasteiger partial charge on any atom is 0.140 e. The van der Waals surface area contributed by atoms with Crippen LogP contribution in [0.25, 0.3) is 5.70 Å². The Hall–Kier alpha value is -2.59. The van der Waals surface area contributed by atoms with E-state index in [0.717, 1.165) is 48.8 Å². The van der Waals surface area contributed by atoms with Crippen LogP contribution in [0.2, 0.25) is 0 Å². The molecule has 1 aromatic carbocycles. The molecule has 3 heterocycles. The molecule has 0 unspecified atom stereocenters. The van der Waals surface area contributed by atoms with Crippen molar-refractivity contribution in [1.29, 1.82) is 0 Å². The highest BCUT2D eigenvalue weighted by Gasteiger charge is 2.26. The summed E-state index contributed by atoms with van der Waals surface area (Å²) in [5.74, 6) is 0.980. The van der Waals surface area contributed by atoms with Gasteiger partial charge in [0.1, 0.15) is 5.84 Å². The van der Waals surface area contributed by atoms with Gasteiger partial charge in [-0.3, -0.25) is 0 Å². The predicted octanol–water partition coefficient (Wildman–Crippen LogP) is 4.22. The SMILES string of the molecule is C=C1C=C(c2ccc(C)c(CC)c2)N=C2C(C)=CC(N3CCN[C@@H](C)C3)=CN12. The third-order valence-corrected chi connectivity index (χ3v) is 5.81. The summed E-state index contributed by atoms with van der Waals surface area (Å²) in [6, 6.07) is 7.12. The van der Waals surface area contributed by atoms with Crippen molar-refractivity contribution in [2.45, 2.75) is 40.2 Å². The van der Waals surface area contributed by atoms with Crippen LogP contribution in [0.4, 0.5) is 0 Å². The van der Waals surface area contributed by atoms with Gasteiger partial charge in [0.25, 0.3) is 0 Å². The van der Waals surface area contributed by atoms with Crippen LogP contribution in [0.3, 0.4) is 0 Å². The fourth-order valence-corrected chi connectivity index (χ4v) is 4.14. The first-order chi connectivity index (χ1) is 13.5. The van der Waals surface area contributed by atoms with E-state index in [1.54, 1.807) is 0 Å². The number of benzene rings is 1. The molecule has 28 heavy (non-hydrogen) atoms. The van der Waals surface area contributed by atoms with E-state index in [1.165, 1.54) is 22.4 Å². The monoisotopic (exact) mass is 374 g/mol. The van der Waals surface area contributed by atoms with Crippen LogP contribution in [0.15, 0.2) is 65.1 Å². The van der Waals surface area contributed by atoms with Crippen LogP contribution >= 0.6 is 0 Å². The summed E-state index contributed by atoms with van der Waals surface area (Å²) in [7, 11) is 0. The molecule has 3 aliphatic heterocycles. The van der Waals surface area contributed by atoms with E-state index in [-0.39, 0.29) is 0 Å². The van der Waals surface area contributed by atoms with Gasteiger partial charge in [-0.25, -0.2) is 4.99 Å². The van der Waals surface area contributed by atoms with Crippen LogP contribution in [0.1, 0.15) is 37.5 Å². The molecule has 0 saturated carbocycles. The third-order valence-electron chi connectivity index (χ3n) is 5.81. The van der Waals surface area contributed by atoms with E-state index < -0.39 is 0 Å². The second-order valence-electron chi connectivity index (χ2n) is 8.00. The summed E-state index contributed by atoms with van der Waals surface area (Å²) >= 11 is 0. The molecule has 4 nitrogen and oxygen atoms in total. The highest BCUT2D eigenvalue weighted by atomic mass is 15.3. The van der Waals surface area contributed by atoms with Gasteiger partial charge in [-0.05, 0) is 62.1 Å². The van der Waals surface area contributed by atoms with Crippen molar-refractivity contribution >= 4 is 11.5 Å². The zero-order chi connectivity index (χ0) is 19.8. The first kappa shape index (κ1) is 18.8. The standard InChI is InChI=1S/C24H30N4/c1-6-20-13-21(8-7-16(20)2)23-12-19(5)28-15-22(11-17(3)24(28)26-23)27-10-9-25-18(4)14-27/h7-8,11-13,15,18,25H,5-6,9-10,14H2,1-4H3/t18-/m0/s1. The first-order valence-corrected chi connectivity index (χ1v) is 10.2. The minimum absolute atomic E-state index is 0.503. The Morgan fingerprint density at radius 3 is 2.82 bits per heavy atom. The fourth-order valence-electron chi connectivity index (χ4n) is 4.14. The number of nitrogens with zero attached hydrogens (tertiary/aromatic N) is 3. The largest absolute Gasteiger partial charge is 0.368 e. The van der Waals surface area contributed by atoms with Crippen LogP contribution in [-0.2, 0) is 6.42 Å². The first-order valence-electron chi connectivity index (χ1n) is 10.2. The second-order valence-corrected chi connectivity index (χ2v) is 8.00. The van der Waals surface area contributed by atoms with Crippen molar-refractivity contribution in [2.24, 2.45) is 4.99 Å². The van der Waals surface area contributed by atoms with Crippen LogP contribution < -0.4 is 5.32 Å². The molecule has 4 heteroatoms. The van der Waals surface area contributed by atoms with Crippen LogP contribution in [-0.4, -0.2) is 41.3 Å². The van der Waals surface area contributed by atoms with Gasteiger partial charge >= 0.3 is 0 Å². The topological polar surface area (TPSA) is 30.9 Å². The number of nitrogens with one attached hydrogen (secondary N) is 1. The van der Waals surface area contributed by atoms with Gasteiger partial charge in [0, 0.05) is 43.1 Å². The molecule has 4 rings (SSSR count). The van der Waals surface area contributed by atoms with Gasteiger partial charge in [0.05, 0.1) is 11.4 Å². The van der Waals surface area contributed by atoms with Crippen LogP contribution in [0, 0.1) is 6.92 Å². The van der Waals surface area contributed by atoms with Crippen molar-refractivity contribution < 1.29 is 0 Å². The smallest absolute Gasteiger partial charge is 0.140 e. The Morgan fingerprint density at radius 1 is 1.25 bits per heavy atom. The molecule has 0 aliphatic carbocycles. The average molecular weight is 375 g/mol. The lowest BCUT2D eigenvalue weighted by molar-refractivity contribution is 0.259. The third kappa shape index (κ3) is 3.45. The normalized spacial score (nSPS) is 22.3. The number of aliphatic imine (C=N–C) groups is 1. The molecule has 1 saturated heterocycles. The zero-order valence-corrected chi connectivity index (χ0v) is 17.4. The number of rotatable bonds is 3. The van der Waals surface area contributed by atoms with Gasteiger partial charge in [-0.1, -0.05) is 25.6 Å². The molecule has 1 aromatic rings. The maximum absolute atomic E-state index is 5.00. The minimum Gasteiger partial charge on any atom is -0.368 e. The lowest BCUT2D eigenvalue weighted by Gasteiger charge is -2.38. The lowest BCUT2D eigenvalue weighted by atomic mass is 9.99. The van der Waals surface area contributed by atoms with E-state index in [2.05, 4.69) is 85.9 Å². The van der Waals surface area contributed by atoms with E-state index in [0.29, 0.717) is 6.04 Å². The van der Waals surface area contributed by atoms with E-state index >= 15 is 0 Å². The van der Waals surface area contributed by atoms with Gasteiger partial charge < -0.3 is 15.1 Å². The average Bonchev–Trinajstić information content (AvgIpc) is 2.68. The molecule has 1 atom stereocenters. The van der Waals surface area contributed by atoms with Crippen LogP contribution in [0.5, 0.6) is 0 Å². The quantitative estimate of drug-likeness (QED) is 0.859. The summed E-state index contributed by atoms with van der Waals surface area (Å²) in [5, 5.41) is 3.51. The molecule has 0 aromatic heterocycles. The number of amidine groups is 1. The molecule has 0 amide bonds. The molecule has 3 aliphatic rings. The summed E-state index contributed by atoms with van der Waals surface area (Å²) in [6.45, 7) is 16.1. The Balaban J connectivity index is 1.65. The van der Waals surface area contributed by atoms with E-state index in [4.69, 9.17) is 4.99 Å². The van der Waals surface area contributed by atoms with Crippen molar-refractivity contribution in [2.75, 3.05) is 19.6 Å².